The van der Waals surface area contributed by atoms with E-state index in [1.54, 1.807) is 12.1 Å². The standard InChI is InChI=1S/C18H15N3O4/c22-18(15-11-23-13-8-4-5-9-14(13)24-15)19-10-16-20-17(21-25-16)12-6-2-1-3-7-12/h1-9,15H,10-11H2,(H,19,22)/t15-/m1/s1. The van der Waals surface area contributed by atoms with Crippen molar-refractivity contribution < 1.29 is 18.8 Å². The van der Waals surface area contributed by atoms with E-state index in [2.05, 4.69) is 15.5 Å². The van der Waals surface area contributed by atoms with Crippen LogP contribution in [0.3, 0.4) is 0 Å². The zero-order valence-electron chi connectivity index (χ0n) is 13.2. The second-order valence-corrected chi connectivity index (χ2v) is 5.46. The lowest BCUT2D eigenvalue weighted by molar-refractivity contribution is -0.130. The number of benzene rings is 2. The van der Waals surface area contributed by atoms with Crippen LogP contribution < -0.4 is 14.8 Å². The quantitative estimate of drug-likeness (QED) is 0.785. The Morgan fingerprint density at radius 3 is 2.68 bits per heavy atom. The zero-order valence-corrected chi connectivity index (χ0v) is 13.2. The Bertz CT molecular complexity index is 879. The van der Waals surface area contributed by atoms with Gasteiger partial charge in [-0.05, 0) is 12.1 Å². The summed E-state index contributed by atoms with van der Waals surface area (Å²) in [6.45, 7) is 0.280. The van der Waals surface area contributed by atoms with Crippen molar-refractivity contribution in [2.45, 2.75) is 12.6 Å². The van der Waals surface area contributed by atoms with Gasteiger partial charge < -0.3 is 19.3 Å². The Labute approximate surface area is 143 Å². The fourth-order valence-electron chi connectivity index (χ4n) is 2.46. The Hall–Kier alpha value is -3.35. The molecule has 1 amide bonds. The van der Waals surface area contributed by atoms with Crippen LogP contribution in [0.15, 0.2) is 59.1 Å². The molecule has 0 fully saturated rings. The van der Waals surface area contributed by atoms with Gasteiger partial charge in [0.25, 0.3) is 5.91 Å². The zero-order chi connectivity index (χ0) is 17.1. The van der Waals surface area contributed by atoms with Gasteiger partial charge in [0, 0.05) is 5.56 Å². The minimum absolute atomic E-state index is 0.125. The first-order valence-electron chi connectivity index (χ1n) is 7.84. The van der Waals surface area contributed by atoms with E-state index in [1.165, 1.54) is 0 Å². The molecule has 1 N–H and O–H groups in total. The number of ether oxygens (including phenoxy) is 2. The lowest BCUT2D eigenvalue weighted by Crippen LogP contribution is -2.43. The fourth-order valence-corrected chi connectivity index (χ4v) is 2.46. The SMILES string of the molecule is O=C(NCc1nc(-c2ccccc2)no1)[C@H]1COc2ccccc2O1. The maximum atomic E-state index is 12.3. The second-order valence-electron chi connectivity index (χ2n) is 5.46. The maximum absolute atomic E-state index is 12.3. The van der Waals surface area contributed by atoms with E-state index < -0.39 is 6.10 Å². The van der Waals surface area contributed by atoms with Crippen molar-refractivity contribution in [2.75, 3.05) is 6.61 Å². The third-order valence-corrected chi connectivity index (χ3v) is 3.71. The molecule has 0 unspecified atom stereocenters. The molecular weight excluding hydrogens is 322 g/mol. The first kappa shape index (κ1) is 15.2. The lowest BCUT2D eigenvalue weighted by Gasteiger charge is -2.25. The van der Waals surface area contributed by atoms with Gasteiger partial charge in [0.15, 0.2) is 11.5 Å². The number of hydrogen-bond acceptors (Lipinski definition) is 6. The number of fused-ring (bicyclic) bond motifs is 1. The summed E-state index contributed by atoms with van der Waals surface area (Å²) in [7, 11) is 0. The predicted octanol–water partition coefficient (Wildman–Crippen LogP) is 2.19. The minimum Gasteiger partial charge on any atom is -0.485 e. The Balaban J connectivity index is 1.36. The van der Waals surface area contributed by atoms with Crippen molar-refractivity contribution in [3.63, 3.8) is 0 Å². The number of para-hydroxylation sites is 2. The molecule has 0 bridgehead atoms. The summed E-state index contributed by atoms with van der Waals surface area (Å²) in [5, 5.41) is 6.64. The largest absolute Gasteiger partial charge is 0.485 e. The number of hydrogen-bond donors (Lipinski definition) is 1. The Morgan fingerprint density at radius 1 is 1.08 bits per heavy atom. The highest BCUT2D eigenvalue weighted by Gasteiger charge is 2.27. The highest BCUT2D eigenvalue weighted by atomic mass is 16.6. The van der Waals surface area contributed by atoms with E-state index in [0.29, 0.717) is 23.2 Å². The molecular formula is C18H15N3O4. The summed E-state index contributed by atoms with van der Waals surface area (Å²) in [4.78, 5) is 16.5. The van der Waals surface area contributed by atoms with Crippen LogP contribution in [-0.2, 0) is 11.3 Å². The summed E-state index contributed by atoms with van der Waals surface area (Å²) in [5.74, 6) is 1.70. The first-order chi connectivity index (χ1) is 12.3. The molecule has 4 rings (SSSR count). The summed E-state index contributed by atoms with van der Waals surface area (Å²) in [6, 6.07) is 16.7. The van der Waals surface area contributed by atoms with E-state index in [4.69, 9.17) is 14.0 Å². The molecule has 1 aliphatic heterocycles. The van der Waals surface area contributed by atoms with Crippen molar-refractivity contribution in [1.82, 2.24) is 15.5 Å². The highest BCUT2D eigenvalue weighted by molar-refractivity contribution is 5.81. The number of amides is 1. The van der Waals surface area contributed by atoms with Crippen molar-refractivity contribution in [3.8, 4) is 22.9 Å². The van der Waals surface area contributed by atoms with Gasteiger partial charge in [-0.2, -0.15) is 4.98 Å². The van der Waals surface area contributed by atoms with Crippen molar-refractivity contribution in [3.05, 3.63) is 60.5 Å². The molecule has 1 atom stereocenters. The molecule has 2 heterocycles. The molecule has 1 aromatic heterocycles. The molecule has 0 saturated heterocycles. The van der Waals surface area contributed by atoms with Crippen molar-refractivity contribution in [2.24, 2.45) is 0 Å². The van der Waals surface area contributed by atoms with Gasteiger partial charge in [-0.25, -0.2) is 0 Å². The molecule has 2 aromatic carbocycles. The number of carbonyl (C=O) groups excluding carboxylic acids is 1. The van der Waals surface area contributed by atoms with Crippen LogP contribution in [0.1, 0.15) is 5.89 Å². The molecule has 25 heavy (non-hydrogen) atoms. The average Bonchev–Trinajstić information content (AvgIpc) is 3.15. The van der Waals surface area contributed by atoms with E-state index >= 15 is 0 Å². The van der Waals surface area contributed by atoms with Crippen molar-refractivity contribution in [1.29, 1.82) is 0 Å². The van der Waals surface area contributed by atoms with Crippen LogP contribution in [0.5, 0.6) is 11.5 Å². The number of nitrogens with zero attached hydrogens (tertiary/aromatic N) is 2. The minimum atomic E-state index is -0.716. The van der Waals surface area contributed by atoms with E-state index in [0.717, 1.165) is 5.56 Å². The monoisotopic (exact) mass is 337 g/mol. The molecule has 0 spiro atoms. The fraction of sp³-hybridized carbons (Fsp3) is 0.167. The van der Waals surface area contributed by atoms with Gasteiger partial charge in [0.05, 0.1) is 6.54 Å². The van der Waals surface area contributed by atoms with E-state index in [9.17, 15) is 4.79 Å². The van der Waals surface area contributed by atoms with Gasteiger partial charge in [-0.3, -0.25) is 4.79 Å². The van der Waals surface area contributed by atoms with Gasteiger partial charge in [0.1, 0.15) is 6.61 Å². The lowest BCUT2D eigenvalue weighted by atomic mass is 10.2. The molecule has 3 aromatic rings. The average molecular weight is 337 g/mol. The Kier molecular flexibility index (Phi) is 4.04. The molecule has 7 nitrogen and oxygen atoms in total. The summed E-state index contributed by atoms with van der Waals surface area (Å²) >= 11 is 0. The molecule has 7 heteroatoms. The third kappa shape index (κ3) is 3.30. The summed E-state index contributed by atoms with van der Waals surface area (Å²) in [5.41, 5.74) is 0.851. The summed E-state index contributed by atoms with van der Waals surface area (Å²) < 4.78 is 16.4. The Morgan fingerprint density at radius 2 is 1.84 bits per heavy atom. The van der Waals surface area contributed by atoms with Crippen molar-refractivity contribution >= 4 is 5.91 Å². The van der Waals surface area contributed by atoms with Crippen LogP contribution in [0.4, 0.5) is 0 Å². The molecule has 1 aliphatic rings. The van der Waals surface area contributed by atoms with Crippen LogP contribution in [0.25, 0.3) is 11.4 Å². The van der Waals surface area contributed by atoms with Gasteiger partial charge >= 0.3 is 0 Å². The predicted molar refractivity (Wildman–Crippen MR) is 87.9 cm³/mol. The number of aromatic nitrogens is 2. The second kappa shape index (κ2) is 6.64. The van der Waals surface area contributed by atoms with Gasteiger partial charge in [-0.1, -0.05) is 47.6 Å². The first-order valence-corrected chi connectivity index (χ1v) is 7.84. The number of carbonyl (C=O) groups is 1. The van der Waals surface area contributed by atoms with Crippen LogP contribution in [-0.4, -0.2) is 28.8 Å². The molecule has 0 aliphatic carbocycles. The van der Waals surface area contributed by atoms with Gasteiger partial charge in [-0.15, -0.1) is 0 Å². The molecule has 126 valence electrons. The molecule has 0 saturated carbocycles. The number of rotatable bonds is 4. The van der Waals surface area contributed by atoms with E-state index in [-0.39, 0.29) is 19.1 Å². The third-order valence-electron chi connectivity index (χ3n) is 3.71. The van der Waals surface area contributed by atoms with Crippen LogP contribution >= 0.6 is 0 Å². The summed E-state index contributed by atoms with van der Waals surface area (Å²) in [6.07, 6.45) is -0.716. The van der Waals surface area contributed by atoms with Gasteiger partial charge in [0.2, 0.25) is 17.8 Å². The van der Waals surface area contributed by atoms with E-state index in [1.807, 2.05) is 42.5 Å². The molecule has 0 radical (unpaired) electrons. The normalized spacial score (nSPS) is 15.6. The van der Waals surface area contributed by atoms with Crippen LogP contribution in [0, 0.1) is 0 Å². The number of nitrogens with one attached hydrogen (secondary N) is 1. The van der Waals surface area contributed by atoms with Crippen LogP contribution in [0.2, 0.25) is 0 Å². The topological polar surface area (TPSA) is 86.5 Å². The highest BCUT2D eigenvalue weighted by Crippen LogP contribution is 2.30. The smallest absolute Gasteiger partial charge is 0.265 e. The maximum Gasteiger partial charge on any atom is 0.265 e.